The van der Waals surface area contributed by atoms with Crippen molar-refractivity contribution < 1.29 is 33.4 Å². The number of fused-ring (bicyclic) bond motifs is 6. The molecule has 3 aliphatic heterocycles. The average Bonchev–Trinajstić information content (AvgIpc) is 3.93. The number of likely N-dealkylation sites (N-methyl/N-ethyl adjacent to an activating group) is 1. The molecular weight excluding hydrogens is 835 g/mol. The molecule has 4 aliphatic rings. The van der Waals surface area contributed by atoms with Crippen LogP contribution in [-0.4, -0.2) is 112 Å². The van der Waals surface area contributed by atoms with Crippen LogP contribution >= 0.6 is 0 Å². The number of methoxy groups -OCH3 is 1. The summed E-state index contributed by atoms with van der Waals surface area (Å²) in [6.07, 6.45) is 7.60. The van der Waals surface area contributed by atoms with Crippen LogP contribution in [0.25, 0.3) is 33.3 Å². The SMILES string of the molecule is C=CC(=O)N1CC[C@H](C(=O)N(C)[C@H](C(=O)N[C@H]2Cc3cccc(c3)-c3ccc4c(c3)c(c(-c3cccnc3[C@H](C)OC)n4CC)CC(C)(C)COC(=O)[C@@H]3CCCN(N3)C2=O)C2CCC2)C1. The zero-order valence-electron chi connectivity index (χ0n) is 39.3. The highest BCUT2D eigenvalue weighted by Crippen LogP contribution is 2.42. The molecule has 1 aliphatic carbocycles. The Morgan fingerprint density at radius 3 is 2.56 bits per heavy atom. The van der Waals surface area contributed by atoms with E-state index in [4.69, 9.17) is 14.5 Å². The van der Waals surface area contributed by atoms with Gasteiger partial charge in [-0.2, -0.15) is 0 Å². The van der Waals surface area contributed by atoms with Gasteiger partial charge in [-0.15, -0.1) is 0 Å². The molecule has 6 bridgehead atoms. The van der Waals surface area contributed by atoms with Crippen LogP contribution in [0.2, 0.25) is 0 Å². The number of likely N-dealkylation sites (tertiary alicyclic amines) is 1. The summed E-state index contributed by atoms with van der Waals surface area (Å²) < 4.78 is 14.3. The van der Waals surface area contributed by atoms with Crippen molar-refractivity contribution in [3.05, 3.63) is 90.3 Å². The van der Waals surface area contributed by atoms with Gasteiger partial charge in [0.2, 0.25) is 17.7 Å². The highest BCUT2D eigenvalue weighted by molar-refractivity contribution is 5.96. The molecule has 8 rings (SSSR count). The van der Waals surface area contributed by atoms with Crippen LogP contribution in [-0.2, 0) is 52.8 Å². The Kier molecular flexibility index (Phi) is 13.8. The Balaban J connectivity index is 1.18. The van der Waals surface area contributed by atoms with Gasteiger partial charge in [0.1, 0.15) is 18.1 Å². The largest absolute Gasteiger partial charge is 0.464 e. The number of rotatable bonds is 10. The average molecular weight is 900 g/mol. The number of nitrogens with zero attached hydrogens (tertiary/aromatic N) is 5. The van der Waals surface area contributed by atoms with Crippen molar-refractivity contribution in [1.29, 1.82) is 0 Å². The van der Waals surface area contributed by atoms with Gasteiger partial charge in [-0.1, -0.05) is 57.2 Å². The lowest BCUT2D eigenvalue weighted by atomic mass is 9.78. The summed E-state index contributed by atoms with van der Waals surface area (Å²) in [6.45, 7) is 13.9. The van der Waals surface area contributed by atoms with Gasteiger partial charge >= 0.3 is 5.97 Å². The second kappa shape index (κ2) is 19.5. The van der Waals surface area contributed by atoms with Crippen molar-refractivity contribution in [3.63, 3.8) is 0 Å². The first kappa shape index (κ1) is 46.7. The summed E-state index contributed by atoms with van der Waals surface area (Å²) >= 11 is 0. The summed E-state index contributed by atoms with van der Waals surface area (Å²) in [4.78, 5) is 77.8. The Morgan fingerprint density at radius 1 is 1.05 bits per heavy atom. The number of esters is 1. The van der Waals surface area contributed by atoms with Crippen molar-refractivity contribution in [2.75, 3.05) is 40.4 Å². The van der Waals surface area contributed by atoms with Gasteiger partial charge in [0.15, 0.2) is 0 Å². The molecule has 14 heteroatoms. The summed E-state index contributed by atoms with van der Waals surface area (Å²) in [5, 5.41) is 5.67. The fourth-order valence-electron chi connectivity index (χ4n) is 10.4. The second-order valence-corrected chi connectivity index (χ2v) is 19.4. The molecule has 2 aromatic heterocycles. The van der Waals surface area contributed by atoms with E-state index in [9.17, 15) is 24.0 Å². The number of amides is 4. The molecule has 2 aromatic carbocycles. The summed E-state index contributed by atoms with van der Waals surface area (Å²) in [5.41, 5.74) is 10.6. The Morgan fingerprint density at radius 2 is 1.83 bits per heavy atom. The lowest BCUT2D eigenvalue weighted by Crippen LogP contribution is -2.62. The van der Waals surface area contributed by atoms with E-state index in [1.54, 1.807) is 30.2 Å². The van der Waals surface area contributed by atoms with E-state index in [-0.39, 0.29) is 49.3 Å². The van der Waals surface area contributed by atoms with Crippen LogP contribution in [0.3, 0.4) is 0 Å². The van der Waals surface area contributed by atoms with Crippen LogP contribution in [0.1, 0.15) is 89.1 Å². The molecule has 0 unspecified atom stereocenters. The Bertz CT molecular complexity index is 2510. The third kappa shape index (κ3) is 9.40. The third-order valence-corrected chi connectivity index (χ3v) is 14.3. The maximum Gasteiger partial charge on any atom is 0.324 e. The van der Waals surface area contributed by atoms with Crippen LogP contribution < -0.4 is 10.7 Å². The highest BCUT2D eigenvalue weighted by atomic mass is 16.5. The molecule has 1 saturated carbocycles. The molecule has 4 aromatic rings. The molecule has 5 heterocycles. The maximum absolute atomic E-state index is 14.8. The summed E-state index contributed by atoms with van der Waals surface area (Å²) in [7, 11) is 3.36. The predicted molar refractivity (Wildman–Crippen MR) is 252 cm³/mol. The number of hydrazine groups is 1. The minimum Gasteiger partial charge on any atom is -0.464 e. The minimum atomic E-state index is -1.02. The van der Waals surface area contributed by atoms with Crippen LogP contribution in [0.15, 0.2) is 73.4 Å². The van der Waals surface area contributed by atoms with Gasteiger partial charge < -0.3 is 29.2 Å². The molecule has 4 amide bonds. The van der Waals surface area contributed by atoms with Crippen molar-refractivity contribution in [3.8, 4) is 22.4 Å². The maximum atomic E-state index is 14.8. The number of aromatic nitrogens is 2. The van der Waals surface area contributed by atoms with Gasteiger partial charge in [0, 0.05) is 74.8 Å². The third-order valence-electron chi connectivity index (χ3n) is 14.3. The monoisotopic (exact) mass is 899 g/mol. The molecule has 350 valence electrons. The molecule has 66 heavy (non-hydrogen) atoms. The standard InChI is InChI=1S/C52H65N7O7/c1-8-44(60)57-25-22-37(30-57)49(62)56(6)46(34-15-11-16-34)48(61)54-42-27-33-14-10-17-35(26-33)36-20-21-43-39(28-36)40(47(58(43)9-2)38-18-12-23-53-45(38)32(3)65-7)29-52(4,5)31-66-51(64)41-19-13-24-59(55-41)50(42)63/h8,10,12,14,17-18,20-21,23,26,28,32,34,37,41-42,46,55H,1,9,11,13,15-16,19,22,24-25,27,29-31H2,2-7H3,(H,54,61)/t32-,37-,41-,42-,46-/m0/s1. The fourth-order valence-corrected chi connectivity index (χ4v) is 10.4. The van der Waals surface area contributed by atoms with E-state index in [0.29, 0.717) is 45.3 Å². The first-order valence-corrected chi connectivity index (χ1v) is 23.7. The molecule has 14 nitrogen and oxygen atoms in total. The lowest BCUT2D eigenvalue weighted by molar-refractivity contribution is -0.155. The number of carbonyl (C=O) groups is 5. The topological polar surface area (TPSA) is 155 Å². The zero-order chi connectivity index (χ0) is 46.9. The minimum absolute atomic E-state index is 0.0727. The zero-order valence-corrected chi connectivity index (χ0v) is 39.3. The number of aryl methyl sites for hydroxylation is 1. The van der Waals surface area contributed by atoms with Crippen molar-refractivity contribution in [2.45, 2.75) is 110 Å². The Labute approximate surface area is 388 Å². The molecule has 0 spiro atoms. The molecule has 5 atom stereocenters. The van der Waals surface area contributed by atoms with E-state index in [0.717, 1.165) is 69.4 Å². The molecule has 3 fully saturated rings. The van der Waals surface area contributed by atoms with Gasteiger partial charge in [-0.3, -0.25) is 34.0 Å². The van der Waals surface area contributed by atoms with Crippen LogP contribution in [0.4, 0.5) is 0 Å². The lowest BCUT2D eigenvalue weighted by Gasteiger charge is -2.40. The van der Waals surface area contributed by atoms with E-state index in [2.05, 4.69) is 79.1 Å². The smallest absolute Gasteiger partial charge is 0.324 e. The molecular formula is C52H65N7O7. The normalized spacial score (nSPS) is 22.2. The molecule has 2 N–H and O–H groups in total. The van der Waals surface area contributed by atoms with Crippen LogP contribution in [0.5, 0.6) is 0 Å². The predicted octanol–water partition coefficient (Wildman–Crippen LogP) is 6.41. The number of hydrogen-bond donors (Lipinski definition) is 2. The fraction of sp³-hybridized carbons (Fsp3) is 0.500. The van der Waals surface area contributed by atoms with Gasteiger partial charge in [0.05, 0.1) is 30.0 Å². The Hall–Kier alpha value is -5.86. The number of ether oxygens (including phenoxy) is 2. The first-order chi connectivity index (χ1) is 31.7. The van der Waals surface area contributed by atoms with E-state index < -0.39 is 41.3 Å². The summed E-state index contributed by atoms with van der Waals surface area (Å²) in [5.74, 6) is -2.14. The van der Waals surface area contributed by atoms with Crippen molar-refractivity contribution in [1.82, 2.24) is 35.1 Å². The number of pyridine rings is 1. The van der Waals surface area contributed by atoms with E-state index >= 15 is 0 Å². The number of benzene rings is 2. The van der Waals surface area contributed by atoms with E-state index in [1.165, 1.54) is 11.1 Å². The second-order valence-electron chi connectivity index (χ2n) is 19.4. The van der Waals surface area contributed by atoms with Crippen molar-refractivity contribution in [2.24, 2.45) is 17.3 Å². The number of hydrogen-bond acceptors (Lipinski definition) is 9. The highest BCUT2D eigenvalue weighted by Gasteiger charge is 2.43. The van der Waals surface area contributed by atoms with Gasteiger partial charge in [0.25, 0.3) is 5.91 Å². The number of nitrogens with one attached hydrogen (secondary N) is 2. The van der Waals surface area contributed by atoms with Crippen LogP contribution in [0, 0.1) is 17.3 Å². The molecule has 2 saturated heterocycles. The van der Waals surface area contributed by atoms with Gasteiger partial charge in [-0.05, 0) is 111 Å². The van der Waals surface area contributed by atoms with Gasteiger partial charge in [-0.25, -0.2) is 5.43 Å². The quantitative estimate of drug-likeness (QED) is 0.136. The molecule has 0 radical (unpaired) electrons. The first-order valence-electron chi connectivity index (χ1n) is 23.7. The number of cyclic esters (lactones) is 1. The summed E-state index contributed by atoms with van der Waals surface area (Å²) in [6, 6.07) is 16.1. The van der Waals surface area contributed by atoms with Crippen molar-refractivity contribution >= 4 is 40.5 Å². The number of carbonyl (C=O) groups excluding carboxylic acids is 5. The van der Waals surface area contributed by atoms with E-state index in [1.807, 2.05) is 25.1 Å².